The lowest BCUT2D eigenvalue weighted by molar-refractivity contribution is -0.141. The Hall–Kier alpha value is -1.55. The molecule has 0 bridgehead atoms. The molecule has 1 saturated carbocycles. The highest BCUT2D eigenvalue weighted by molar-refractivity contribution is 6.30. The second kappa shape index (κ2) is 5.40. The third-order valence-corrected chi connectivity index (χ3v) is 3.48. The first kappa shape index (κ1) is 12.9. The minimum Gasteiger partial charge on any atom is -0.481 e. The van der Waals surface area contributed by atoms with Gasteiger partial charge in [-0.2, -0.15) is 0 Å². The van der Waals surface area contributed by atoms with Crippen molar-refractivity contribution in [2.75, 3.05) is 0 Å². The fourth-order valence-electron chi connectivity index (χ4n) is 2.21. The molecule has 5 heteroatoms. The van der Waals surface area contributed by atoms with Crippen LogP contribution in [0.4, 0.5) is 0 Å². The third kappa shape index (κ3) is 3.01. The first-order chi connectivity index (χ1) is 8.56. The Morgan fingerprint density at radius 3 is 2.44 bits per heavy atom. The second-order valence-electron chi connectivity index (χ2n) is 4.53. The largest absolute Gasteiger partial charge is 0.481 e. The topological polar surface area (TPSA) is 66.4 Å². The number of nitrogens with one attached hydrogen (secondary N) is 1. The number of rotatable bonds is 3. The number of hydrogen-bond acceptors (Lipinski definition) is 2. The summed E-state index contributed by atoms with van der Waals surface area (Å²) in [5.74, 6) is -1.29. The van der Waals surface area contributed by atoms with Gasteiger partial charge in [0.1, 0.15) is 0 Å². The molecule has 1 aromatic carbocycles. The van der Waals surface area contributed by atoms with Crippen LogP contribution in [0, 0.1) is 5.92 Å². The molecule has 1 aliphatic carbocycles. The molecule has 2 N–H and O–H groups in total. The lowest BCUT2D eigenvalue weighted by atomic mass is 10.1. The Bertz CT molecular complexity index is 458. The van der Waals surface area contributed by atoms with Gasteiger partial charge < -0.3 is 10.4 Å². The molecular weight excluding hydrogens is 254 g/mol. The highest BCUT2D eigenvalue weighted by Crippen LogP contribution is 2.25. The summed E-state index contributed by atoms with van der Waals surface area (Å²) < 4.78 is 0. The predicted octanol–water partition coefficient (Wildman–Crippen LogP) is 2.32. The van der Waals surface area contributed by atoms with E-state index in [0.29, 0.717) is 23.4 Å². The summed E-state index contributed by atoms with van der Waals surface area (Å²) in [7, 11) is 0. The molecule has 0 aliphatic heterocycles. The lowest BCUT2D eigenvalue weighted by Gasteiger charge is -2.12. The monoisotopic (exact) mass is 267 g/mol. The number of aliphatic carboxylic acids is 1. The smallest absolute Gasteiger partial charge is 0.306 e. The summed E-state index contributed by atoms with van der Waals surface area (Å²) in [5.41, 5.74) is 0.540. The average molecular weight is 268 g/mol. The maximum Gasteiger partial charge on any atom is 0.306 e. The van der Waals surface area contributed by atoms with Gasteiger partial charge in [-0.3, -0.25) is 9.59 Å². The van der Waals surface area contributed by atoms with Gasteiger partial charge in [0.2, 0.25) is 0 Å². The normalized spacial score (nSPS) is 22.7. The van der Waals surface area contributed by atoms with Gasteiger partial charge in [0.25, 0.3) is 5.91 Å². The van der Waals surface area contributed by atoms with E-state index in [2.05, 4.69) is 5.32 Å². The molecule has 0 spiro atoms. The molecule has 1 aromatic rings. The minimum atomic E-state index is -0.779. The Morgan fingerprint density at radius 2 is 1.89 bits per heavy atom. The number of amides is 1. The summed E-state index contributed by atoms with van der Waals surface area (Å²) >= 11 is 5.74. The Kier molecular flexibility index (Phi) is 3.87. The van der Waals surface area contributed by atoms with Crippen LogP contribution in [0.2, 0.25) is 5.02 Å². The summed E-state index contributed by atoms with van der Waals surface area (Å²) in [4.78, 5) is 22.7. The molecule has 2 unspecified atom stereocenters. The van der Waals surface area contributed by atoms with Crippen molar-refractivity contribution in [2.24, 2.45) is 5.92 Å². The van der Waals surface area contributed by atoms with Crippen molar-refractivity contribution in [3.05, 3.63) is 34.9 Å². The molecule has 1 aliphatic rings. The van der Waals surface area contributed by atoms with Crippen molar-refractivity contribution in [1.29, 1.82) is 0 Å². The van der Waals surface area contributed by atoms with E-state index in [-0.39, 0.29) is 17.9 Å². The van der Waals surface area contributed by atoms with E-state index in [1.165, 1.54) is 0 Å². The third-order valence-electron chi connectivity index (χ3n) is 3.22. The fraction of sp³-hybridized carbons (Fsp3) is 0.385. The molecule has 2 rings (SSSR count). The first-order valence-electron chi connectivity index (χ1n) is 5.85. The van der Waals surface area contributed by atoms with Crippen LogP contribution in [0.3, 0.4) is 0 Å². The summed E-state index contributed by atoms with van der Waals surface area (Å²) in [5, 5.41) is 12.3. The van der Waals surface area contributed by atoms with E-state index in [1.807, 2.05) is 0 Å². The van der Waals surface area contributed by atoms with Crippen molar-refractivity contribution in [1.82, 2.24) is 5.32 Å². The molecule has 0 aromatic heterocycles. The number of benzene rings is 1. The van der Waals surface area contributed by atoms with Gasteiger partial charge in [-0.1, -0.05) is 11.6 Å². The maximum atomic E-state index is 11.9. The Labute approximate surface area is 110 Å². The van der Waals surface area contributed by atoms with Gasteiger partial charge in [-0.25, -0.2) is 0 Å². The molecule has 2 atom stereocenters. The molecule has 4 nitrogen and oxygen atoms in total. The zero-order chi connectivity index (χ0) is 13.1. The van der Waals surface area contributed by atoms with Crippen molar-refractivity contribution in [3.63, 3.8) is 0 Å². The average Bonchev–Trinajstić information content (AvgIpc) is 2.78. The molecule has 0 heterocycles. The van der Waals surface area contributed by atoms with Crippen LogP contribution in [0.1, 0.15) is 29.6 Å². The molecule has 18 heavy (non-hydrogen) atoms. The van der Waals surface area contributed by atoms with Gasteiger partial charge in [-0.15, -0.1) is 0 Å². The van der Waals surface area contributed by atoms with E-state index in [1.54, 1.807) is 24.3 Å². The van der Waals surface area contributed by atoms with Crippen LogP contribution in [0.5, 0.6) is 0 Å². The van der Waals surface area contributed by atoms with Crippen LogP contribution in [0.25, 0.3) is 0 Å². The standard InChI is InChI=1S/C13H14ClNO3/c14-10-4-1-8(2-5-10)12(16)15-11-6-3-9(7-11)13(17)18/h1-2,4-5,9,11H,3,6-7H2,(H,15,16)(H,17,18). The molecule has 96 valence electrons. The Morgan fingerprint density at radius 1 is 1.22 bits per heavy atom. The number of carbonyl (C=O) groups excluding carboxylic acids is 1. The number of hydrogen-bond donors (Lipinski definition) is 2. The van der Waals surface area contributed by atoms with Crippen LogP contribution in [0.15, 0.2) is 24.3 Å². The van der Waals surface area contributed by atoms with Crippen molar-refractivity contribution >= 4 is 23.5 Å². The zero-order valence-corrected chi connectivity index (χ0v) is 10.5. The highest BCUT2D eigenvalue weighted by atomic mass is 35.5. The van der Waals surface area contributed by atoms with Gasteiger partial charge >= 0.3 is 5.97 Å². The molecule has 0 saturated heterocycles. The van der Waals surface area contributed by atoms with Gasteiger partial charge in [0.15, 0.2) is 0 Å². The summed E-state index contributed by atoms with van der Waals surface area (Å²) in [6.07, 6.45) is 1.85. The molecule has 0 radical (unpaired) electrons. The van der Waals surface area contributed by atoms with E-state index < -0.39 is 5.97 Å². The molecule has 1 amide bonds. The van der Waals surface area contributed by atoms with Crippen molar-refractivity contribution < 1.29 is 14.7 Å². The maximum absolute atomic E-state index is 11.9. The van der Waals surface area contributed by atoms with Crippen molar-refractivity contribution in [2.45, 2.75) is 25.3 Å². The second-order valence-corrected chi connectivity index (χ2v) is 4.96. The SMILES string of the molecule is O=C(NC1CCC(C(=O)O)C1)c1ccc(Cl)cc1. The quantitative estimate of drug-likeness (QED) is 0.883. The van der Waals surface area contributed by atoms with E-state index >= 15 is 0 Å². The van der Waals surface area contributed by atoms with E-state index in [4.69, 9.17) is 16.7 Å². The highest BCUT2D eigenvalue weighted by Gasteiger charge is 2.30. The van der Waals surface area contributed by atoms with Crippen LogP contribution in [-0.2, 0) is 4.79 Å². The molecule has 1 fully saturated rings. The van der Waals surface area contributed by atoms with Gasteiger partial charge in [-0.05, 0) is 43.5 Å². The fourth-order valence-corrected chi connectivity index (χ4v) is 2.33. The van der Waals surface area contributed by atoms with Gasteiger partial charge in [0.05, 0.1) is 5.92 Å². The first-order valence-corrected chi connectivity index (χ1v) is 6.23. The van der Waals surface area contributed by atoms with E-state index in [9.17, 15) is 9.59 Å². The summed E-state index contributed by atoms with van der Waals surface area (Å²) in [6.45, 7) is 0. The summed E-state index contributed by atoms with van der Waals surface area (Å²) in [6, 6.07) is 6.58. The molecular formula is C13H14ClNO3. The van der Waals surface area contributed by atoms with Crippen LogP contribution in [-0.4, -0.2) is 23.0 Å². The number of carbonyl (C=O) groups is 2. The van der Waals surface area contributed by atoms with E-state index in [0.717, 1.165) is 6.42 Å². The van der Waals surface area contributed by atoms with Crippen LogP contribution < -0.4 is 5.32 Å². The number of halogens is 1. The van der Waals surface area contributed by atoms with Crippen molar-refractivity contribution in [3.8, 4) is 0 Å². The van der Waals surface area contributed by atoms with Crippen LogP contribution >= 0.6 is 11.6 Å². The zero-order valence-electron chi connectivity index (χ0n) is 9.73. The number of carboxylic acid groups (broad SMARTS) is 1. The minimum absolute atomic E-state index is 0.0470. The number of carboxylic acids is 1. The predicted molar refractivity (Wildman–Crippen MR) is 67.7 cm³/mol. The lowest BCUT2D eigenvalue weighted by Crippen LogP contribution is -2.33. The van der Waals surface area contributed by atoms with Gasteiger partial charge in [0, 0.05) is 16.6 Å². The Balaban J connectivity index is 1.92.